The molecule has 260 valence electrons. The SMILES string of the molecule is COc1ccc(CC(=O)Nc2ccc(C(=O)N(CC(=O)O)Cc3ccc(OC(=O)c4cnc(-c5ccccc5)nc4)cc3)cc2)c(C(F)(F)F)c1. The quantitative estimate of drug-likeness (QED) is 0.113. The maximum atomic E-state index is 13.5. The van der Waals surface area contributed by atoms with Crippen molar-refractivity contribution >= 4 is 29.4 Å². The Hall–Kier alpha value is -6.57. The minimum Gasteiger partial charge on any atom is -0.497 e. The highest BCUT2D eigenvalue weighted by molar-refractivity contribution is 5.97. The monoisotopic (exact) mass is 698 g/mol. The lowest BCUT2D eigenvalue weighted by molar-refractivity contribution is -0.139. The zero-order valence-electron chi connectivity index (χ0n) is 26.9. The van der Waals surface area contributed by atoms with Gasteiger partial charge in [-0.1, -0.05) is 48.5 Å². The number of amides is 2. The standard InChI is InChI=1S/C37H29F3N4O7/c1-50-30-16-11-26(31(18-30)37(38,39)40)17-32(45)43-28-12-9-25(10-13-28)35(48)44(22-33(46)47)21-23-7-14-29(15-8-23)51-36(49)27-19-41-34(42-20-27)24-5-3-2-4-6-24/h2-16,18-20H,17,21-22H2,1H3,(H,43,45)(H,46,47). The number of rotatable bonds is 12. The molecule has 14 heteroatoms. The topological polar surface area (TPSA) is 148 Å². The van der Waals surface area contributed by atoms with E-state index in [4.69, 9.17) is 9.47 Å². The summed E-state index contributed by atoms with van der Waals surface area (Å²) in [5.41, 5.74) is 0.552. The number of alkyl halides is 3. The van der Waals surface area contributed by atoms with Gasteiger partial charge in [0.15, 0.2) is 5.82 Å². The number of hydrogen-bond donors (Lipinski definition) is 2. The number of anilines is 1. The molecule has 5 rings (SSSR count). The van der Waals surface area contributed by atoms with Crippen molar-refractivity contribution in [3.05, 3.63) is 137 Å². The van der Waals surface area contributed by atoms with Crippen LogP contribution in [-0.2, 0) is 28.7 Å². The van der Waals surface area contributed by atoms with E-state index in [9.17, 15) is 37.5 Å². The molecular weight excluding hydrogens is 669 g/mol. The van der Waals surface area contributed by atoms with Gasteiger partial charge in [0.1, 0.15) is 18.0 Å². The van der Waals surface area contributed by atoms with Crippen LogP contribution >= 0.6 is 0 Å². The molecule has 5 aromatic rings. The van der Waals surface area contributed by atoms with Crippen molar-refractivity contribution in [3.63, 3.8) is 0 Å². The molecular formula is C37H29F3N4O7. The number of methoxy groups -OCH3 is 1. The molecule has 11 nitrogen and oxygen atoms in total. The summed E-state index contributed by atoms with van der Waals surface area (Å²) in [5, 5.41) is 12.0. The van der Waals surface area contributed by atoms with Crippen LogP contribution in [0, 0.1) is 0 Å². The van der Waals surface area contributed by atoms with Gasteiger partial charge in [0, 0.05) is 35.8 Å². The number of carbonyl (C=O) groups is 4. The summed E-state index contributed by atoms with van der Waals surface area (Å²) in [4.78, 5) is 59.7. The van der Waals surface area contributed by atoms with Crippen LogP contribution in [0.2, 0.25) is 0 Å². The third kappa shape index (κ3) is 9.53. The zero-order chi connectivity index (χ0) is 36.5. The lowest BCUT2D eigenvalue weighted by Gasteiger charge is -2.21. The number of esters is 1. The molecule has 0 aliphatic heterocycles. The van der Waals surface area contributed by atoms with Gasteiger partial charge in [-0.3, -0.25) is 14.4 Å². The van der Waals surface area contributed by atoms with Gasteiger partial charge in [-0.05, 0) is 59.7 Å². The Bertz CT molecular complexity index is 2020. The molecule has 51 heavy (non-hydrogen) atoms. The van der Waals surface area contributed by atoms with Gasteiger partial charge in [0.05, 0.1) is 24.7 Å². The third-order valence-corrected chi connectivity index (χ3v) is 7.43. The fourth-order valence-corrected chi connectivity index (χ4v) is 4.94. The van der Waals surface area contributed by atoms with E-state index < -0.39 is 48.5 Å². The van der Waals surface area contributed by atoms with E-state index in [0.717, 1.165) is 16.5 Å². The largest absolute Gasteiger partial charge is 0.497 e. The number of carbonyl (C=O) groups excluding carboxylic acids is 3. The van der Waals surface area contributed by atoms with Crippen molar-refractivity contribution in [2.45, 2.75) is 19.1 Å². The Labute approximate surface area is 289 Å². The van der Waals surface area contributed by atoms with Crippen LogP contribution in [0.15, 0.2) is 109 Å². The average molecular weight is 699 g/mol. The van der Waals surface area contributed by atoms with Crippen LogP contribution in [0.3, 0.4) is 0 Å². The van der Waals surface area contributed by atoms with Gasteiger partial charge >= 0.3 is 18.1 Å². The van der Waals surface area contributed by atoms with Gasteiger partial charge in [-0.2, -0.15) is 13.2 Å². The minimum atomic E-state index is -4.70. The summed E-state index contributed by atoms with van der Waals surface area (Å²) in [6.07, 6.45) is -2.55. The first kappa shape index (κ1) is 35.7. The van der Waals surface area contributed by atoms with E-state index in [1.807, 2.05) is 30.3 Å². The number of benzene rings is 4. The molecule has 0 fully saturated rings. The first-order chi connectivity index (χ1) is 24.4. The Morgan fingerprint density at radius 3 is 2.08 bits per heavy atom. The number of halogens is 3. The van der Waals surface area contributed by atoms with Crippen LogP contribution in [0.5, 0.6) is 11.5 Å². The summed E-state index contributed by atoms with van der Waals surface area (Å²) in [5.74, 6) is -2.64. The fourth-order valence-electron chi connectivity index (χ4n) is 4.94. The third-order valence-electron chi connectivity index (χ3n) is 7.43. The molecule has 2 N–H and O–H groups in total. The lowest BCUT2D eigenvalue weighted by Crippen LogP contribution is -2.35. The Morgan fingerprint density at radius 1 is 0.824 bits per heavy atom. The van der Waals surface area contributed by atoms with Gasteiger partial charge in [0.2, 0.25) is 5.91 Å². The molecule has 0 atom stereocenters. The predicted molar refractivity (Wildman–Crippen MR) is 178 cm³/mol. The molecule has 1 heterocycles. The molecule has 0 aliphatic rings. The molecule has 0 saturated heterocycles. The van der Waals surface area contributed by atoms with E-state index in [-0.39, 0.29) is 40.4 Å². The summed E-state index contributed by atoms with van der Waals surface area (Å²) in [6, 6.07) is 24.2. The van der Waals surface area contributed by atoms with E-state index in [0.29, 0.717) is 11.4 Å². The summed E-state index contributed by atoms with van der Waals surface area (Å²) < 4.78 is 50.9. The summed E-state index contributed by atoms with van der Waals surface area (Å²) in [6.45, 7) is -0.730. The van der Waals surface area contributed by atoms with Crippen LogP contribution in [0.4, 0.5) is 18.9 Å². The van der Waals surface area contributed by atoms with Crippen molar-refractivity contribution in [3.8, 4) is 22.9 Å². The van der Waals surface area contributed by atoms with Gasteiger partial charge in [-0.15, -0.1) is 0 Å². The van der Waals surface area contributed by atoms with Crippen molar-refractivity contribution in [2.24, 2.45) is 0 Å². The number of nitrogens with one attached hydrogen (secondary N) is 1. The number of aromatic nitrogens is 2. The Morgan fingerprint density at radius 2 is 1.47 bits per heavy atom. The van der Waals surface area contributed by atoms with E-state index >= 15 is 0 Å². The molecule has 4 aromatic carbocycles. The van der Waals surface area contributed by atoms with E-state index in [2.05, 4.69) is 15.3 Å². The smallest absolute Gasteiger partial charge is 0.416 e. The van der Waals surface area contributed by atoms with Crippen LogP contribution < -0.4 is 14.8 Å². The van der Waals surface area contributed by atoms with Crippen LogP contribution in [0.1, 0.15) is 37.4 Å². The molecule has 0 radical (unpaired) electrons. The highest BCUT2D eigenvalue weighted by Gasteiger charge is 2.34. The lowest BCUT2D eigenvalue weighted by atomic mass is 10.0. The minimum absolute atomic E-state index is 0.000864. The first-order valence-electron chi connectivity index (χ1n) is 15.2. The zero-order valence-corrected chi connectivity index (χ0v) is 26.9. The number of aliphatic carboxylic acids is 1. The summed E-state index contributed by atoms with van der Waals surface area (Å²) >= 11 is 0. The van der Waals surface area contributed by atoms with Crippen LogP contribution in [0.25, 0.3) is 11.4 Å². The van der Waals surface area contributed by atoms with Crippen molar-refractivity contribution in [1.29, 1.82) is 0 Å². The molecule has 0 saturated carbocycles. The number of nitrogens with zero attached hydrogens (tertiary/aromatic N) is 3. The van der Waals surface area contributed by atoms with E-state index in [1.54, 1.807) is 12.1 Å². The second kappa shape index (κ2) is 15.8. The molecule has 2 amide bonds. The molecule has 1 aromatic heterocycles. The Balaban J connectivity index is 1.19. The average Bonchev–Trinajstić information content (AvgIpc) is 3.12. The molecule has 0 bridgehead atoms. The number of carboxylic acid groups (broad SMARTS) is 1. The number of ether oxygens (including phenoxy) is 2. The first-order valence-corrected chi connectivity index (χ1v) is 15.2. The van der Waals surface area contributed by atoms with E-state index in [1.165, 1.54) is 68.0 Å². The van der Waals surface area contributed by atoms with Crippen molar-refractivity contribution in [1.82, 2.24) is 14.9 Å². The van der Waals surface area contributed by atoms with Gasteiger partial charge in [0.25, 0.3) is 5.91 Å². The highest BCUT2D eigenvalue weighted by atomic mass is 19.4. The second-order valence-electron chi connectivity index (χ2n) is 11.1. The molecule has 0 aliphatic carbocycles. The molecule has 0 unspecified atom stereocenters. The fraction of sp³-hybridized carbons (Fsp3) is 0.135. The normalized spacial score (nSPS) is 11.0. The molecule has 0 spiro atoms. The number of carboxylic acids is 1. The van der Waals surface area contributed by atoms with Crippen molar-refractivity contribution < 1.29 is 46.9 Å². The summed E-state index contributed by atoms with van der Waals surface area (Å²) in [7, 11) is 1.24. The highest BCUT2D eigenvalue weighted by Crippen LogP contribution is 2.35. The number of hydrogen-bond acceptors (Lipinski definition) is 8. The van der Waals surface area contributed by atoms with Crippen LogP contribution in [-0.4, -0.2) is 57.4 Å². The Kier molecular flexibility index (Phi) is 11.0. The second-order valence-corrected chi connectivity index (χ2v) is 11.1. The van der Waals surface area contributed by atoms with Gasteiger partial charge < -0.3 is 24.8 Å². The maximum absolute atomic E-state index is 13.5. The maximum Gasteiger partial charge on any atom is 0.416 e. The predicted octanol–water partition coefficient (Wildman–Crippen LogP) is 6.30. The van der Waals surface area contributed by atoms with Gasteiger partial charge in [-0.25, -0.2) is 14.8 Å². The van der Waals surface area contributed by atoms with Crippen molar-refractivity contribution in [2.75, 3.05) is 19.0 Å².